The van der Waals surface area contributed by atoms with Crippen molar-refractivity contribution in [3.8, 4) is 0 Å². The van der Waals surface area contributed by atoms with Crippen LogP contribution in [0.2, 0.25) is 0 Å². The number of hydrogen-bond acceptors (Lipinski definition) is 6. The van der Waals surface area contributed by atoms with Crippen molar-refractivity contribution in [2.24, 2.45) is 5.92 Å². The Morgan fingerprint density at radius 3 is 2.38 bits per heavy atom. The van der Waals surface area contributed by atoms with E-state index in [1.165, 1.54) is 27.8 Å². The van der Waals surface area contributed by atoms with Crippen LogP contribution in [0.15, 0.2) is 46.0 Å². The fourth-order valence-electron chi connectivity index (χ4n) is 4.63. The molecule has 2 aliphatic heterocycles. The summed E-state index contributed by atoms with van der Waals surface area (Å²) in [6, 6.07) is 8.94. The highest BCUT2D eigenvalue weighted by Gasteiger charge is 2.51. The van der Waals surface area contributed by atoms with Gasteiger partial charge in [0, 0.05) is 44.6 Å². The molecule has 1 aromatic heterocycles. The number of piperazine rings is 1. The summed E-state index contributed by atoms with van der Waals surface area (Å²) in [6.45, 7) is 3.11. The summed E-state index contributed by atoms with van der Waals surface area (Å²) in [5, 5.41) is 11.7. The summed E-state index contributed by atoms with van der Waals surface area (Å²) in [5.74, 6) is 0.385. The van der Waals surface area contributed by atoms with E-state index in [1.807, 2.05) is 0 Å². The third-order valence-corrected chi connectivity index (χ3v) is 10.0. The van der Waals surface area contributed by atoms with Crippen molar-refractivity contribution in [3.05, 3.63) is 47.3 Å². The molecule has 2 aromatic rings. The zero-order valence-electron chi connectivity index (χ0n) is 18.9. The molecular weight excluding hydrogens is 489 g/mol. The summed E-state index contributed by atoms with van der Waals surface area (Å²) in [4.78, 5) is 2.09. The Balaban J connectivity index is 1.58. The van der Waals surface area contributed by atoms with E-state index >= 15 is 0 Å². The highest BCUT2D eigenvalue weighted by atomic mass is 32.2. The molecule has 0 unspecified atom stereocenters. The molecule has 2 saturated heterocycles. The molecule has 2 aliphatic rings. The first-order valence-electron chi connectivity index (χ1n) is 11.3. The summed E-state index contributed by atoms with van der Waals surface area (Å²) >= 11 is 1.19. The van der Waals surface area contributed by atoms with Crippen LogP contribution in [-0.2, 0) is 20.4 Å². The normalized spacial score (nSPS) is 23.1. The quantitative estimate of drug-likeness (QED) is 0.621. The number of nitrogens with zero attached hydrogens (tertiary/aromatic N) is 2. The van der Waals surface area contributed by atoms with Gasteiger partial charge in [0.05, 0.1) is 0 Å². The predicted molar refractivity (Wildman–Crippen MR) is 124 cm³/mol. The van der Waals surface area contributed by atoms with Gasteiger partial charge in [-0.3, -0.25) is 0 Å². The molecule has 0 spiro atoms. The van der Waals surface area contributed by atoms with Gasteiger partial charge in [-0.05, 0) is 61.2 Å². The van der Waals surface area contributed by atoms with Gasteiger partial charge in [-0.15, -0.1) is 11.3 Å². The van der Waals surface area contributed by atoms with Gasteiger partial charge >= 0.3 is 6.18 Å². The van der Waals surface area contributed by atoms with Crippen molar-refractivity contribution in [1.82, 2.24) is 4.31 Å². The molecule has 2 fully saturated rings. The minimum Gasteiger partial charge on any atom is -0.381 e. The summed E-state index contributed by atoms with van der Waals surface area (Å²) in [6.07, 6.45) is -2.23. The molecule has 0 bridgehead atoms. The first-order chi connectivity index (χ1) is 16.0. The predicted octanol–water partition coefficient (Wildman–Crippen LogP) is 4.21. The molecule has 0 amide bonds. The second-order valence-electron chi connectivity index (χ2n) is 9.05. The fraction of sp³-hybridized carbons (Fsp3) is 0.565. The maximum absolute atomic E-state index is 13.2. The standard InChI is InChI=1S/C23H29F3N2O4S2/c1-22(29,23(24,25)26)18-4-6-19(7-5-18)28-11-10-27(34(30,31)21-3-2-14-33-21)16-20(28)15-17-8-12-32-13-9-17/h2-7,14,17,20,29H,8-13,15-16H2,1H3/t20-,22-/m1/s1. The van der Waals surface area contributed by atoms with Gasteiger partial charge in [0.1, 0.15) is 4.21 Å². The molecule has 1 aromatic carbocycles. The lowest BCUT2D eigenvalue weighted by Gasteiger charge is -2.44. The van der Waals surface area contributed by atoms with Crippen LogP contribution in [0.4, 0.5) is 18.9 Å². The summed E-state index contributed by atoms with van der Waals surface area (Å²) in [7, 11) is -3.60. The summed E-state index contributed by atoms with van der Waals surface area (Å²) < 4.78 is 73.3. The summed E-state index contributed by atoms with van der Waals surface area (Å²) in [5.41, 5.74) is -2.46. The Morgan fingerprint density at radius 1 is 1.12 bits per heavy atom. The van der Waals surface area contributed by atoms with Crippen molar-refractivity contribution in [2.45, 2.75) is 48.2 Å². The Kier molecular flexibility index (Phi) is 7.31. The van der Waals surface area contributed by atoms with E-state index < -0.39 is 21.8 Å². The second kappa shape index (κ2) is 9.77. The maximum Gasteiger partial charge on any atom is 0.421 e. The molecule has 1 N–H and O–H groups in total. The molecule has 6 nitrogen and oxygen atoms in total. The lowest BCUT2D eigenvalue weighted by molar-refractivity contribution is -0.258. The van der Waals surface area contributed by atoms with E-state index in [2.05, 4.69) is 4.90 Å². The minimum absolute atomic E-state index is 0.124. The van der Waals surface area contributed by atoms with Crippen LogP contribution < -0.4 is 4.90 Å². The Bertz CT molecular complexity index is 1050. The first-order valence-corrected chi connectivity index (χ1v) is 13.6. The molecule has 34 heavy (non-hydrogen) atoms. The molecule has 0 radical (unpaired) electrons. The Morgan fingerprint density at radius 2 is 1.79 bits per heavy atom. The van der Waals surface area contributed by atoms with E-state index in [-0.39, 0.29) is 18.2 Å². The molecule has 3 heterocycles. The van der Waals surface area contributed by atoms with Crippen molar-refractivity contribution in [2.75, 3.05) is 37.7 Å². The maximum atomic E-state index is 13.2. The van der Waals surface area contributed by atoms with Gasteiger partial charge in [-0.25, -0.2) is 8.42 Å². The molecule has 2 atom stereocenters. The monoisotopic (exact) mass is 518 g/mol. The van der Waals surface area contributed by atoms with Crippen molar-refractivity contribution in [1.29, 1.82) is 0 Å². The smallest absolute Gasteiger partial charge is 0.381 e. The van der Waals surface area contributed by atoms with Crippen LogP contribution in [0.5, 0.6) is 0 Å². The van der Waals surface area contributed by atoms with E-state index in [0.29, 0.717) is 42.1 Å². The lowest BCUT2D eigenvalue weighted by atomic mass is 9.90. The van der Waals surface area contributed by atoms with Crippen molar-refractivity contribution in [3.63, 3.8) is 0 Å². The molecule has 4 rings (SSSR count). The highest BCUT2D eigenvalue weighted by Crippen LogP contribution is 2.39. The SMILES string of the molecule is C[C@@](O)(c1ccc(N2CCN(S(=O)(=O)c3cccs3)C[C@H]2CC2CCOCC2)cc1)C(F)(F)F. The van der Waals surface area contributed by atoms with Gasteiger partial charge in [-0.2, -0.15) is 17.5 Å². The van der Waals surface area contributed by atoms with Gasteiger partial charge in [0.2, 0.25) is 0 Å². The molecule has 0 saturated carbocycles. The van der Waals surface area contributed by atoms with Crippen LogP contribution in [-0.4, -0.2) is 62.9 Å². The topological polar surface area (TPSA) is 70.1 Å². The number of hydrogen-bond donors (Lipinski definition) is 1. The zero-order chi connectivity index (χ0) is 24.6. The number of ether oxygens (including phenoxy) is 1. The van der Waals surface area contributed by atoms with Crippen LogP contribution in [0, 0.1) is 5.92 Å². The van der Waals surface area contributed by atoms with Crippen molar-refractivity contribution >= 4 is 27.0 Å². The average Bonchev–Trinajstić information content (AvgIpc) is 3.35. The minimum atomic E-state index is -4.79. The zero-order valence-corrected chi connectivity index (χ0v) is 20.5. The number of sulfonamides is 1. The lowest BCUT2D eigenvalue weighted by Crippen LogP contribution is -2.55. The highest BCUT2D eigenvalue weighted by molar-refractivity contribution is 7.91. The van der Waals surface area contributed by atoms with Crippen molar-refractivity contribution < 1.29 is 31.4 Å². The van der Waals surface area contributed by atoms with Crippen LogP contribution in [0.1, 0.15) is 31.7 Å². The Labute approximate surface area is 202 Å². The fourth-order valence-corrected chi connectivity index (χ4v) is 7.25. The van der Waals surface area contributed by atoms with Crippen LogP contribution >= 0.6 is 11.3 Å². The van der Waals surface area contributed by atoms with Gasteiger partial charge in [-0.1, -0.05) is 18.2 Å². The largest absolute Gasteiger partial charge is 0.421 e. The van der Waals surface area contributed by atoms with E-state index in [4.69, 9.17) is 4.74 Å². The number of rotatable bonds is 6. The van der Waals surface area contributed by atoms with E-state index in [1.54, 1.807) is 29.6 Å². The number of alkyl halides is 3. The molecule has 0 aliphatic carbocycles. The third-order valence-electron chi connectivity index (χ3n) is 6.79. The molecule has 188 valence electrons. The Hall–Kier alpha value is -1.66. The van der Waals surface area contributed by atoms with E-state index in [0.717, 1.165) is 26.2 Å². The average molecular weight is 519 g/mol. The number of aliphatic hydroxyl groups is 1. The number of benzene rings is 1. The number of anilines is 1. The van der Waals surface area contributed by atoms with Gasteiger partial charge in [0.15, 0.2) is 5.60 Å². The van der Waals surface area contributed by atoms with Crippen LogP contribution in [0.25, 0.3) is 0 Å². The second-order valence-corrected chi connectivity index (χ2v) is 12.2. The molecular formula is C23H29F3N2O4S2. The van der Waals surface area contributed by atoms with Gasteiger partial charge in [0.25, 0.3) is 10.0 Å². The van der Waals surface area contributed by atoms with E-state index in [9.17, 15) is 26.7 Å². The number of halogens is 3. The molecule has 11 heteroatoms. The van der Waals surface area contributed by atoms with Gasteiger partial charge < -0.3 is 14.7 Å². The number of thiophene rings is 1. The first kappa shape index (κ1) is 25.4. The third kappa shape index (κ3) is 5.13. The van der Waals surface area contributed by atoms with Crippen LogP contribution in [0.3, 0.4) is 0 Å².